The topological polar surface area (TPSA) is 89.6 Å². The Morgan fingerprint density at radius 1 is 1.23 bits per heavy atom. The van der Waals surface area contributed by atoms with Crippen LogP contribution in [0.4, 0.5) is 0 Å². The third kappa shape index (κ3) is 5.68. The average Bonchev–Trinajstić information content (AvgIpc) is 2.58. The molecule has 0 saturated heterocycles. The van der Waals surface area contributed by atoms with Crippen LogP contribution in [0.5, 0.6) is 0 Å². The van der Waals surface area contributed by atoms with Crippen LogP contribution < -0.4 is 11.1 Å². The van der Waals surface area contributed by atoms with Crippen LogP contribution in [0.25, 0.3) is 0 Å². The maximum absolute atomic E-state index is 8.00. The van der Waals surface area contributed by atoms with Gasteiger partial charge in [0, 0.05) is 11.8 Å². The van der Waals surface area contributed by atoms with Crippen LogP contribution in [0.15, 0.2) is 59.9 Å². The number of nitrogens with two attached hydrogens (primary N) is 1. The van der Waals surface area contributed by atoms with Gasteiger partial charge in [-0.3, -0.25) is 4.98 Å². The van der Waals surface area contributed by atoms with E-state index in [-0.39, 0.29) is 11.8 Å². The number of carbonyl (C=O) groups excluding carboxylic acids is 1. The Bertz CT molecular complexity index is 564. The van der Waals surface area contributed by atoms with Gasteiger partial charge in [-0.05, 0) is 24.4 Å². The van der Waals surface area contributed by atoms with Gasteiger partial charge >= 0.3 is 0 Å². The lowest BCUT2D eigenvalue weighted by Gasteiger charge is -2.07. The molecule has 0 spiro atoms. The molecule has 0 saturated carbocycles. The minimum absolute atomic E-state index is 0.110. The highest BCUT2D eigenvalue weighted by atomic mass is 32.1. The summed E-state index contributed by atoms with van der Waals surface area (Å²) in [7, 11) is 0. The van der Waals surface area contributed by atoms with E-state index in [0.717, 1.165) is 11.3 Å². The number of aromatic nitrogens is 1. The Morgan fingerprint density at radius 3 is 2.50 bits per heavy atom. The monoisotopic (exact) mass is 316 g/mol. The molecule has 0 fully saturated rings. The van der Waals surface area contributed by atoms with E-state index in [1.807, 2.05) is 55.3 Å². The molecule has 1 heterocycles. The highest BCUT2D eigenvalue weighted by Crippen LogP contribution is 2.08. The summed E-state index contributed by atoms with van der Waals surface area (Å²) >= 11 is 4.69. The second kappa shape index (κ2) is 10.0. The first-order chi connectivity index (χ1) is 10.8. The number of oxime groups is 1. The molecule has 0 atom stereocenters. The summed E-state index contributed by atoms with van der Waals surface area (Å²) in [6, 6.07) is 15.3. The first-order valence-corrected chi connectivity index (χ1v) is 6.67. The maximum Gasteiger partial charge on any atom is 0.189 e. The minimum Gasteiger partial charge on any atom is -0.376 e. The van der Waals surface area contributed by atoms with Crippen molar-refractivity contribution in [2.24, 2.45) is 10.9 Å². The first-order valence-electron chi connectivity index (χ1n) is 6.26. The number of benzene rings is 1. The number of carbonyl (C=O) groups is 1. The number of hydrogen-bond acceptors (Lipinski definition) is 5. The van der Waals surface area contributed by atoms with Gasteiger partial charge in [0.15, 0.2) is 11.8 Å². The molecule has 7 heteroatoms. The molecule has 0 aliphatic heterocycles. The smallest absolute Gasteiger partial charge is 0.189 e. The molecule has 0 unspecified atom stereocenters. The van der Waals surface area contributed by atoms with Gasteiger partial charge in [-0.1, -0.05) is 41.6 Å². The lowest BCUT2D eigenvalue weighted by Crippen LogP contribution is -2.30. The molecule has 2 rings (SSSR count). The van der Waals surface area contributed by atoms with Crippen molar-refractivity contribution in [1.82, 2.24) is 10.3 Å². The predicted octanol–water partition coefficient (Wildman–Crippen LogP) is 1.46. The van der Waals surface area contributed by atoms with Crippen LogP contribution in [0, 0.1) is 0 Å². The Labute approximate surface area is 134 Å². The van der Waals surface area contributed by atoms with Crippen molar-refractivity contribution in [3.05, 3.63) is 66.0 Å². The van der Waals surface area contributed by atoms with Gasteiger partial charge in [-0.15, -0.1) is 0 Å². The maximum atomic E-state index is 8.00. The van der Waals surface area contributed by atoms with Gasteiger partial charge in [0.2, 0.25) is 0 Å². The van der Waals surface area contributed by atoms with Crippen LogP contribution in [-0.4, -0.2) is 29.3 Å². The predicted molar refractivity (Wildman–Crippen MR) is 89.3 cm³/mol. The number of pyridine rings is 1. The van der Waals surface area contributed by atoms with Crippen molar-refractivity contribution in [2.75, 3.05) is 6.73 Å². The molecule has 2 aromatic rings. The van der Waals surface area contributed by atoms with Gasteiger partial charge in [0.05, 0.1) is 5.69 Å². The molecule has 0 amide bonds. The molecule has 6 nitrogen and oxygen atoms in total. The molecular formula is C15H16N4O2S. The van der Waals surface area contributed by atoms with E-state index in [2.05, 4.69) is 27.7 Å². The fourth-order valence-electron chi connectivity index (χ4n) is 1.55. The van der Waals surface area contributed by atoms with Crippen LogP contribution in [0.3, 0.4) is 0 Å². The van der Waals surface area contributed by atoms with Gasteiger partial charge in [0.1, 0.15) is 12.5 Å². The molecular weight excluding hydrogens is 300 g/mol. The largest absolute Gasteiger partial charge is 0.376 e. The highest BCUT2D eigenvalue weighted by Gasteiger charge is 2.08. The number of thiocarbonyl (C=S) groups is 1. The minimum atomic E-state index is 0.110. The zero-order valence-electron chi connectivity index (χ0n) is 11.8. The Kier molecular flexibility index (Phi) is 7.84. The first kappa shape index (κ1) is 17.3. The molecule has 22 heavy (non-hydrogen) atoms. The van der Waals surface area contributed by atoms with Crippen molar-refractivity contribution < 1.29 is 9.63 Å². The lowest BCUT2D eigenvalue weighted by molar-refractivity contribution is -0.0979. The summed E-state index contributed by atoms with van der Waals surface area (Å²) in [5, 5.41) is 6.94. The van der Waals surface area contributed by atoms with Crippen molar-refractivity contribution >= 4 is 29.8 Å². The zero-order chi connectivity index (χ0) is 16.2. The number of hydrogen-bond donors (Lipinski definition) is 2. The molecule has 0 aliphatic carbocycles. The SMILES string of the molecule is C=O.NC(=S)NCO/N=C(/c1ccccc1)c1ccccn1. The number of nitrogens with one attached hydrogen (secondary N) is 1. The van der Waals surface area contributed by atoms with E-state index >= 15 is 0 Å². The summed E-state index contributed by atoms with van der Waals surface area (Å²) in [6.45, 7) is 2.11. The molecule has 3 N–H and O–H groups in total. The van der Waals surface area contributed by atoms with Crippen molar-refractivity contribution in [2.45, 2.75) is 0 Å². The average molecular weight is 316 g/mol. The van der Waals surface area contributed by atoms with Crippen LogP contribution >= 0.6 is 12.2 Å². The Morgan fingerprint density at radius 2 is 1.91 bits per heavy atom. The Balaban J connectivity index is 0.00000116. The van der Waals surface area contributed by atoms with Crippen molar-refractivity contribution in [3.63, 3.8) is 0 Å². The third-order valence-electron chi connectivity index (χ3n) is 2.42. The van der Waals surface area contributed by atoms with Gasteiger partial charge in [-0.25, -0.2) is 0 Å². The van der Waals surface area contributed by atoms with Gasteiger partial charge < -0.3 is 20.7 Å². The van der Waals surface area contributed by atoms with E-state index < -0.39 is 0 Å². The standard InChI is InChI=1S/C14H14N4OS.CH2O/c15-14(20)17-10-19-18-13(11-6-2-1-3-7-11)12-8-4-5-9-16-12;1-2/h1-9H,10H2,(H3,15,17,20);1H2/b18-13-;. The number of rotatable bonds is 5. The fraction of sp³-hybridized carbons (Fsp3) is 0.0667. The van der Waals surface area contributed by atoms with Crippen LogP contribution in [-0.2, 0) is 9.63 Å². The zero-order valence-corrected chi connectivity index (χ0v) is 12.6. The van der Waals surface area contributed by atoms with E-state index in [4.69, 9.17) is 15.4 Å². The van der Waals surface area contributed by atoms with E-state index in [0.29, 0.717) is 5.71 Å². The summed E-state index contributed by atoms with van der Waals surface area (Å²) in [5.74, 6) is 0. The summed E-state index contributed by atoms with van der Waals surface area (Å²) in [5.41, 5.74) is 7.61. The fourth-order valence-corrected chi connectivity index (χ4v) is 1.61. The second-order valence-corrected chi connectivity index (χ2v) is 4.28. The Hall–Kier alpha value is -2.80. The van der Waals surface area contributed by atoms with Crippen molar-refractivity contribution in [1.29, 1.82) is 0 Å². The second-order valence-electron chi connectivity index (χ2n) is 3.84. The van der Waals surface area contributed by atoms with Gasteiger partial charge in [0.25, 0.3) is 0 Å². The van der Waals surface area contributed by atoms with E-state index in [9.17, 15) is 0 Å². The molecule has 0 radical (unpaired) electrons. The normalized spacial score (nSPS) is 10.1. The van der Waals surface area contributed by atoms with Crippen molar-refractivity contribution in [3.8, 4) is 0 Å². The molecule has 1 aromatic carbocycles. The molecule has 0 bridgehead atoms. The molecule has 1 aromatic heterocycles. The summed E-state index contributed by atoms with van der Waals surface area (Å²) < 4.78 is 0. The van der Waals surface area contributed by atoms with E-state index in [1.165, 1.54) is 0 Å². The van der Waals surface area contributed by atoms with E-state index in [1.54, 1.807) is 6.20 Å². The highest BCUT2D eigenvalue weighted by molar-refractivity contribution is 7.80. The molecule has 114 valence electrons. The summed E-state index contributed by atoms with van der Waals surface area (Å²) in [6.07, 6.45) is 1.71. The third-order valence-corrected chi connectivity index (χ3v) is 2.57. The number of nitrogens with zero attached hydrogens (tertiary/aromatic N) is 2. The lowest BCUT2D eigenvalue weighted by atomic mass is 10.1. The van der Waals surface area contributed by atoms with Gasteiger partial charge in [-0.2, -0.15) is 0 Å². The molecule has 0 aliphatic rings. The van der Waals surface area contributed by atoms with Crippen LogP contribution in [0.2, 0.25) is 0 Å². The summed E-state index contributed by atoms with van der Waals surface area (Å²) in [4.78, 5) is 17.5. The van der Waals surface area contributed by atoms with Crippen LogP contribution in [0.1, 0.15) is 11.3 Å². The quantitative estimate of drug-likeness (QED) is 0.285.